The highest BCUT2D eigenvalue weighted by molar-refractivity contribution is 5.28. The van der Waals surface area contributed by atoms with Crippen LogP contribution < -0.4 is 11.1 Å². The van der Waals surface area contributed by atoms with Crippen molar-refractivity contribution in [1.29, 1.82) is 0 Å². The fourth-order valence-corrected chi connectivity index (χ4v) is 2.25. The van der Waals surface area contributed by atoms with E-state index in [4.69, 9.17) is 5.73 Å². The van der Waals surface area contributed by atoms with Gasteiger partial charge in [-0.1, -0.05) is 45.0 Å². The predicted molar refractivity (Wildman–Crippen MR) is 77.9 cm³/mol. The van der Waals surface area contributed by atoms with Gasteiger partial charge in [-0.15, -0.1) is 0 Å². The van der Waals surface area contributed by atoms with Crippen molar-refractivity contribution < 1.29 is 0 Å². The molecule has 0 amide bonds. The second-order valence-electron chi connectivity index (χ2n) is 6.40. The lowest BCUT2D eigenvalue weighted by Gasteiger charge is -2.27. The molecule has 0 heterocycles. The van der Waals surface area contributed by atoms with E-state index in [0.717, 1.165) is 19.5 Å². The van der Waals surface area contributed by atoms with E-state index in [-0.39, 0.29) is 11.0 Å². The van der Waals surface area contributed by atoms with Gasteiger partial charge in [-0.2, -0.15) is 0 Å². The minimum atomic E-state index is 0.0994. The first-order valence-corrected chi connectivity index (χ1v) is 7.04. The van der Waals surface area contributed by atoms with Crippen LogP contribution in [0.3, 0.4) is 0 Å². The first kappa shape index (κ1) is 13.6. The Balaban J connectivity index is 1.91. The highest BCUT2D eigenvalue weighted by atomic mass is 15.0. The van der Waals surface area contributed by atoms with Gasteiger partial charge in [-0.25, -0.2) is 0 Å². The van der Waals surface area contributed by atoms with E-state index >= 15 is 0 Å². The van der Waals surface area contributed by atoms with Crippen LogP contribution in [0.4, 0.5) is 0 Å². The van der Waals surface area contributed by atoms with E-state index in [9.17, 15) is 0 Å². The van der Waals surface area contributed by atoms with Gasteiger partial charge >= 0.3 is 0 Å². The molecule has 0 unspecified atom stereocenters. The van der Waals surface area contributed by atoms with Crippen molar-refractivity contribution in [1.82, 2.24) is 5.32 Å². The normalized spacial score (nSPS) is 17.8. The smallest absolute Gasteiger partial charge is 0.0282 e. The number of benzene rings is 1. The number of nitrogens with one attached hydrogen (secondary N) is 1. The van der Waals surface area contributed by atoms with Gasteiger partial charge in [-0.05, 0) is 30.4 Å². The molecule has 0 radical (unpaired) electrons. The molecule has 0 aromatic heterocycles. The van der Waals surface area contributed by atoms with E-state index in [1.165, 1.54) is 24.0 Å². The van der Waals surface area contributed by atoms with Crippen LogP contribution in [0.5, 0.6) is 0 Å². The van der Waals surface area contributed by atoms with Crippen molar-refractivity contribution in [2.24, 2.45) is 5.73 Å². The van der Waals surface area contributed by atoms with E-state index in [0.29, 0.717) is 0 Å². The summed E-state index contributed by atoms with van der Waals surface area (Å²) in [6.07, 6.45) is 3.45. The van der Waals surface area contributed by atoms with Gasteiger partial charge in [0.2, 0.25) is 0 Å². The molecule has 1 aliphatic rings. The van der Waals surface area contributed by atoms with Gasteiger partial charge in [-0.3, -0.25) is 0 Å². The Hall–Kier alpha value is -0.860. The SMILES string of the molecule is CCc1ccc(C(C)(C)CNCC2(N)CC2)cc1. The molecule has 0 bridgehead atoms. The fraction of sp³-hybridized carbons (Fsp3) is 0.625. The molecule has 1 aliphatic carbocycles. The number of hydrogen-bond acceptors (Lipinski definition) is 2. The summed E-state index contributed by atoms with van der Waals surface area (Å²) >= 11 is 0. The topological polar surface area (TPSA) is 38.0 Å². The zero-order chi connectivity index (χ0) is 13.2. The highest BCUT2D eigenvalue weighted by Gasteiger charge is 2.37. The molecule has 0 saturated heterocycles. The Kier molecular flexibility index (Phi) is 3.79. The maximum absolute atomic E-state index is 6.09. The molecular weight excluding hydrogens is 220 g/mol. The molecule has 1 aromatic rings. The zero-order valence-electron chi connectivity index (χ0n) is 11.9. The van der Waals surface area contributed by atoms with E-state index in [1.807, 2.05) is 0 Å². The van der Waals surface area contributed by atoms with Crippen LogP contribution in [0.15, 0.2) is 24.3 Å². The molecule has 1 aromatic carbocycles. The molecule has 1 saturated carbocycles. The Bertz CT molecular complexity index is 388. The first-order chi connectivity index (χ1) is 8.45. The standard InChI is InChI=1S/C16H26N2/c1-4-13-5-7-14(8-6-13)15(2,3)11-18-12-16(17)9-10-16/h5-8,18H,4,9-12,17H2,1-3H3. The lowest BCUT2D eigenvalue weighted by Crippen LogP contribution is -2.41. The molecular formula is C16H26N2. The minimum Gasteiger partial charge on any atom is -0.324 e. The first-order valence-electron chi connectivity index (χ1n) is 7.04. The van der Waals surface area contributed by atoms with Crippen LogP contribution in [0.1, 0.15) is 44.7 Å². The Morgan fingerprint density at radius 3 is 2.33 bits per heavy atom. The van der Waals surface area contributed by atoms with Crippen molar-refractivity contribution in [3.63, 3.8) is 0 Å². The van der Waals surface area contributed by atoms with Gasteiger partial charge < -0.3 is 11.1 Å². The maximum atomic E-state index is 6.09. The quantitative estimate of drug-likeness (QED) is 0.809. The van der Waals surface area contributed by atoms with Gasteiger partial charge in [0.15, 0.2) is 0 Å². The van der Waals surface area contributed by atoms with Crippen molar-refractivity contribution in [2.75, 3.05) is 13.1 Å². The molecule has 2 nitrogen and oxygen atoms in total. The summed E-state index contributed by atoms with van der Waals surface area (Å²) in [6, 6.07) is 9.00. The molecule has 2 rings (SSSR count). The van der Waals surface area contributed by atoms with Crippen LogP contribution in [0, 0.1) is 0 Å². The highest BCUT2D eigenvalue weighted by Crippen LogP contribution is 2.31. The lowest BCUT2D eigenvalue weighted by molar-refractivity contribution is 0.448. The minimum absolute atomic E-state index is 0.0994. The molecule has 18 heavy (non-hydrogen) atoms. The van der Waals surface area contributed by atoms with E-state index in [2.05, 4.69) is 50.4 Å². The van der Waals surface area contributed by atoms with Crippen molar-refractivity contribution in [3.05, 3.63) is 35.4 Å². The van der Waals surface area contributed by atoms with Crippen LogP contribution >= 0.6 is 0 Å². The summed E-state index contributed by atoms with van der Waals surface area (Å²) in [5.41, 5.74) is 9.15. The third-order valence-electron chi connectivity index (χ3n) is 4.08. The van der Waals surface area contributed by atoms with Crippen molar-refractivity contribution >= 4 is 0 Å². The van der Waals surface area contributed by atoms with Gasteiger partial charge in [0.1, 0.15) is 0 Å². The van der Waals surface area contributed by atoms with Crippen LogP contribution in [-0.4, -0.2) is 18.6 Å². The molecule has 0 atom stereocenters. The van der Waals surface area contributed by atoms with Gasteiger partial charge in [0, 0.05) is 24.0 Å². The predicted octanol–water partition coefficient (Wildman–Crippen LogP) is 2.61. The third-order valence-corrected chi connectivity index (χ3v) is 4.08. The summed E-state index contributed by atoms with van der Waals surface area (Å²) in [5, 5.41) is 3.53. The van der Waals surface area contributed by atoms with Crippen LogP contribution in [0.2, 0.25) is 0 Å². The summed E-state index contributed by atoms with van der Waals surface area (Å²) < 4.78 is 0. The lowest BCUT2D eigenvalue weighted by atomic mass is 9.84. The zero-order valence-corrected chi connectivity index (χ0v) is 11.9. The monoisotopic (exact) mass is 246 g/mol. The number of aryl methyl sites for hydroxylation is 1. The molecule has 100 valence electrons. The second kappa shape index (κ2) is 5.02. The molecule has 1 fully saturated rings. The second-order valence-corrected chi connectivity index (χ2v) is 6.40. The average molecular weight is 246 g/mol. The van der Waals surface area contributed by atoms with E-state index < -0.39 is 0 Å². The van der Waals surface area contributed by atoms with E-state index in [1.54, 1.807) is 0 Å². The number of nitrogens with two attached hydrogens (primary N) is 1. The van der Waals surface area contributed by atoms with Gasteiger partial charge in [0.05, 0.1) is 0 Å². The van der Waals surface area contributed by atoms with Crippen molar-refractivity contribution in [2.45, 2.75) is 51.0 Å². The Morgan fingerprint density at radius 2 is 1.83 bits per heavy atom. The van der Waals surface area contributed by atoms with Crippen LogP contribution in [0.25, 0.3) is 0 Å². The number of rotatable bonds is 6. The maximum Gasteiger partial charge on any atom is 0.0282 e. The molecule has 0 spiro atoms. The van der Waals surface area contributed by atoms with Crippen LogP contribution in [-0.2, 0) is 11.8 Å². The summed E-state index contributed by atoms with van der Waals surface area (Å²) in [5.74, 6) is 0. The molecule has 0 aliphatic heterocycles. The average Bonchev–Trinajstić information content (AvgIpc) is 3.07. The van der Waals surface area contributed by atoms with Crippen molar-refractivity contribution in [3.8, 4) is 0 Å². The van der Waals surface area contributed by atoms with Gasteiger partial charge in [0.25, 0.3) is 0 Å². The largest absolute Gasteiger partial charge is 0.324 e. The fourth-order valence-electron chi connectivity index (χ4n) is 2.25. The summed E-state index contributed by atoms with van der Waals surface area (Å²) in [6.45, 7) is 8.70. The molecule has 2 heteroatoms. The Labute approximate surface area is 111 Å². The summed E-state index contributed by atoms with van der Waals surface area (Å²) in [4.78, 5) is 0. The number of hydrogen-bond donors (Lipinski definition) is 2. The summed E-state index contributed by atoms with van der Waals surface area (Å²) in [7, 11) is 0. The Morgan fingerprint density at radius 1 is 1.22 bits per heavy atom. The third kappa shape index (κ3) is 3.33. The molecule has 3 N–H and O–H groups in total.